The lowest BCUT2D eigenvalue weighted by molar-refractivity contribution is -0.870. The number of carbonyl (C=O) groups excluding carboxylic acids is 2. The van der Waals surface area contributed by atoms with Gasteiger partial charge in [0.1, 0.15) is 19.8 Å². The monoisotopic (exact) mass is 1360 g/mol. The van der Waals surface area contributed by atoms with Crippen molar-refractivity contribution in [2.75, 3.05) is 47.5 Å². The summed E-state index contributed by atoms with van der Waals surface area (Å²) in [6.07, 6.45) is 108. The number of hydrogen-bond acceptors (Lipinski definition) is 7. The molecule has 2 atom stereocenters. The molecule has 10 heteroatoms. The number of esters is 2. The van der Waals surface area contributed by atoms with E-state index in [1.165, 1.54) is 250 Å². The molecule has 2 unspecified atom stereocenters. The molecule has 0 bridgehead atoms. The van der Waals surface area contributed by atoms with Gasteiger partial charge in [-0.25, -0.2) is 4.57 Å². The maximum atomic E-state index is 12.9. The number of phosphoric ester groups is 1. The van der Waals surface area contributed by atoms with Gasteiger partial charge in [0.05, 0.1) is 27.7 Å². The van der Waals surface area contributed by atoms with E-state index in [0.717, 1.165) is 89.9 Å². The van der Waals surface area contributed by atoms with Crippen LogP contribution in [-0.2, 0) is 32.7 Å². The van der Waals surface area contributed by atoms with E-state index in [4.69, 9.17) is 18.5 Å². The standard InChI is InChI=1S/C86H154NO8P/c1-6-8-10-12-14-16-18-20-22-24-26-28-30-32-34-36-38-40-42-43-45-47-49-51-53-55-57-59-61-63-65-67-69-71-73-75-77-79-86(89)95-84(83-94-96(90,91)93-81-80-87(3,4)5)82-92-85(88)78-76-74-72-70-68-66-64-62-60-58-56-54-52-50-48-46-44-41-39-37-35-33-31-29-27-25-23-21-19-17-15-13-11-9-7-2/h8,10,14,16,19-22,25-28,32,34,38,40,43,45,84H,6-7,9,11-13,15,17-18,23-24,29-31,33,35-37,39,41-42,44,46-83H2,1-5H3/p+1/b10-8-,16-14-,21-19-,22-20-,27-25-,28-26-,34-32-,40-38-,45-43-. The topological polar surface area (TPSA) is 108 Å². The maximum Gasteiger partial charge on any atom is 0.472 e. The number of phosphoric acid groups is 1. The number of allylic oxidation sites excluding steroid dienone is 18. The summed E-state index contributed by atoms with van der Waals surface area (Å²) >= 11 is 0. The van der Waals surface area contributed by atoms with Gasteiger partial charge in [-0.15, -0.1) is 0 Å². The van der Waals surface area contributed by atoms with Gasteiger partial charge in [0, 0.05) is 12.8 Å². The average Bonchev–Trinajstić information content (AvgIpc) is 2.72. The van der Waals surface area contributed by atoms with Gasteiger partial charge in [0.2, 0.25) is 0 Å². The van der Waals surface area contributed by atoms with Crippen LogP contribution in [0.1, 0.15) is 373 Å². The first-order valence-electron chi connectivity index (χ1n) is 40.6. The molecule has 0 aliphatic heterocycles. The van der Waals surface area contributed by atoms with Crippen LogP contribution in [0.25, 0.3) is 0 Å². The van der Waals surface area contributed by atoms with Gasteiger partial charge in [0.25, 0.3) is 0 Å². The highest BCUT2D eigenvalue weighted by Gasteiger charge is 2.27. The lowest BCUT2D eigenvalue weighted by atomic mass is 10.0. The van der Waals surface area contributed by atoms with Crippen LogP contribution in [0.3, 0.4) is 0 Å². The van der Waals surface area contributed by atoms with Crippen LogP contribution >= 0.6 is 7.82 Å². The lowest BCUT2D eigenvalue weighted by Gasteiger charge is -2.24. The summed E-state index contributed by atoms with van der Waals surface area (Å²) in [7, 11) is 1.49. The largest absolute Gasteiger partial charge is 0.472 e. The molecule has 1 N–H and O–H groups in total. The van der Waals surface area contributed by atoms with Crippen molar-refractivity contribution in [1.29, 1.82) is 0 Å². The Kier molecular flexibility index (Phi) is 73.2. The van der Waals surface area contributed by atoms with Crippen LogP contribution < -0.4 is 0 Å². The lowest BCUT2D eigenvalue weighted by Crippen LogP contribution is -2.37. The summed E-state index contributed by atoms with van der Waals surface area (Å²) in [5.74, 6) is -0.783. The Balaban J connectivity index is 3.95. The Morgan fingerprint density at radius 1 is 0.333 bits per heavy atom. The van der Waals surface area contributed by atoms with Gasteiger partial charge < -0.3 is 18.9 Å². The molecule has 0 saturated heterocycles. The summed E-state index contributed by atoms with van der Waals surface area (Å²) < 4.78 is 34.8. The number of hydrogen-bond donors (Lipinski definition) is 1. The predicted octanol–water partition coefficient (Wildman–Crippen LogP) is 27.2. The molecule has 0 heterocycles. The zero-order valence-corrected chi connectivity index (χ0v) is 64.5. The molecule has 0 aromatic heterocycles. The van der Waals surface area contributed by atoms with E-state index in [9.17, 15) is 19.0 Å². The number of ether oxygens (including phenoxy) is 2. The Morgan fingerprint density at radius 3 is 0.885 bits per heavy atom. The molecule has 0 amide bonds. The number of carbonyl (C=O) groups is 2. The van der Waals surface area contributed by atoms with Crippen molar-refractivity contribution < 1.29 is 42.1 Å². The average molecular weight is 1360 g/mol. The van der Waals surface area contributed by atoms with E-state index in [1.54, 1.807) is 0 Å². The molecule has 0 saturated carbocycles. The third-order valence-electron chi connectivity index (χ3n) is 17.8. The van der Waals surface area contributed by atoms with Crippen LogP contribution in [-0.4, -0.2) is 74.9 Å². The quantitative estimate of drug-likeness (QED) is 0.0211. The molecule has 0 aromatic carbocycles. The molecule has 0 aliphatic rings. The van der Waals surface area contributed by atoms with Gasteiger partial charge in [0.15, 0.2) is 6.10 Å². The molecule has 96 heavy (non-hydrogen) atoms. The summed E-state index contributed by atoms with van der Waals surface area (Å²) in [6.45, 7) is 4.36. The van der Waals surface area contributed by atoms with Gasteiger partial charge in [-0.1, -0.05) is 367 Å². The van der Waals surface area contributed by atoms with Crippen molar-refractivity contribution in [3.63, 3.8) is 0 Å². The van der Waals surface area contributed by atoms with E-state index >= 15 is 0 Å². The molecular weight excluding hydrogens is 1210 g/mol. The van der Waals surface area contributed by atoms with Crippen LogP contribution in [0.4, 0.5) is 0 Å². The van der Waals surface area contributed by atoms with Gasteiger partial charge in [-0.3, -0.25) is 18.6 Å². The zero-order chi connectivity index (χ0) is 69.7. The van der Waals surface area contributed by atoms with E-state index in [-0.39, 0.29) is 25.6 Å². The minimum absolute atomic E-state index is 0.0304. The van der Waals surface area contributed by atoms with E-state index < -0.39 is 26.5 Å². The Bertz CT molecular complexity index is 1990. The molecular formula is C86H155NO8P+. The third kappa shape index (κ3) is 79.7. The predicted molar refractivity (Wildman–Crippen MR) is 418 cm³/mol. The van der Waals surface area contributed by atoms with Gasteiger partial charge in [-0.05, 0) is 103 Å². The summed E-state index contributed by atoms with van der Waals surface area (Å²) in [5.41, 5.74) is 0. The second-order valence-corrected chi connectivity index (χ2v) is 29.9. The molecule has 0 rings (SSSR count). The molecule has 556 valence electrons. The van der Waals surface area contributed by atoms with Gasteiger partial charge in [-0.2, -0.15) is 0 Å². The molecule has 0 radical (unpaired) electrons. The van der Waals surface area contributed by atoms with E-state index in [2.05, 4.69) is 123 Å². The highest BCUT2D eigenvalue weighted by atomic mass is 31.2. The van der Waals surface area contributed by atoms with Crippen LogP contribution in [0.5, 0.6) is 0 Å². The fourth-order valence-corrected chi connectivity index (χ4v) is 12.4. The SMILES string of the molecule is CC/C=C\C/C=C\C/C=C\C/C=C\C/C=C\C/C=C\C/C=C\CCCCCCCCCCCCCCCCCC(=O)OC(COC(=O)CCCCCCCCCCCCCCCCCCCCCCCCC/C=C\C/C=C\CCCCCCC)COP(=O)(O)OCC[N+](C)(C)C. The highest BCUT2D eigenvalue weighted by molar-refractivity contribution is 7.47. The van der Waals surface area contributed by atoms with Crippen molar-refractivity contribution in [2.24, 2.45) is 0 Å². The fraction of sp³-hybridized carbons (Fsp3) is 0.767. The smallest absolute Gasteiger partial charge is 0.462 e. The molecule has 9 nitrogen and oxygen atoms in total. The van der Waals surface area contributed by atoms with Crippen molar-refractivity contribution in [3.8, 4) is 0 Å². The first-order valence-corrected chi connectivity index (χ1v) is 42.1. The number of likely N-dealkylation sites (N-methyl/N-ethyl adjacent to an activating group) is 1. The molecule has 0 spiro atoms. The Morgan fingerprint density at radius 2 is 0.594 bits per heavy atom. The minimum Gasteiger partial charge on any atom is -0.462 e. The van der Waals surface area contributed by atoms with Crippen LogP contribution in [0, 0.1) is 0 Å². The summed E-state index contributed by atoms with van der Waals surface area (Å²) in [6, 6.07) is 0. The molecule has 0 aromatic rings. The van der Waals surface area contributed by atoms with Crippen molar-refractivity contribution in [1.82, 2.24) is 0 Å². The maximum absolute atomic E-state index is 12.9. The zero-order valence-electron chi connectivity index (χ0n) is 63.6. The third-order valence-corrected chi connectivity index (χ3v) is 18.8. The van der Waals surface area contributed by atoms with Crippen molar-refractivity contribution >= 4 is 19.8 Å². The van der Waals surface area contributed by atoms with Gasteiger partial charge >= 0.3 is 19.8 Å². The Hall–Kier alpha value is -3.33. The highest BCUT2D eigenvalue weighted by Crippen LogP contribution is 2.43. The van der Waals surface area contributed by atoms with E-state index in [0.29, 0.717) is 23.9 Å². The molecule has 0 aliphatic carbocycles. The summed E-state index contributed by atoms with van der Waals surface area (Å²) in [4.78, 5) is 36.0. The van der Waals surface area contributed by atoms with Crippen molar-refractivity contribution in [3.05, 3.63) is 109 Å². The first kappa shape index (κ1) is 92.7. The second kappa shape index (κ2) is 75.9. The number of quaternary nitrogens is 1. The number of nitrogens with zero attached hydrogens (tertiary/aromatic N) is 1. The number of unbranched alkanes of at least 4 members (excludes halogenated alkanes) is 43. The number of rotatable bonds is 75. The second-order valence-electron chi connectivity index (χ2n) is 28.4. The summed E-state index contributed by atoms with van der Waals surface area (Å²) in [5, 5.41) is 0. The normalized spacial score (nSPS) is 13.6. The first-order chi connectivity index (χ1) is 47.0. The minimum atomic E-state index is -4.40. The van der Waals surface area contributed by atoms with Crippen molar-refractivity contribution in [2.45, 2.75) is 380 Å². The van der Waals surface area contributed by atoms with Crippen LogP contribution in [0.2, 0.25) is 0 Å². The fourth-order valence-electron chi connectivity index (χ4n) is 11.6. The Labute approximate surface area is 595 Å². The van der Waals surface area contributed by atoms with Crippen LogP contribution in [0.15, 0.2) is 109 Å². The molecule has 0 fully saturated rings. The van der Waals surface area contributed by atoms with E-state index in [1.807, 2.05) is 21.1 Å².